The van der Waals surface area contributed by atoms with E-state index in [-0.39, 0.29) is 0 Å². The van der Waals surface area contributed by atoms with Crippen LogP contribution in [0, 0.1) is 12.3 Å². The SMILES string of the molecule is C#Cc1cccc(Nc2cnc3c(n2)N(Cc2ccc4ncccc4c2)NN3)n1. The first-order valence-corrected chi connectivity index (χ1v) is 8.99. The molecule has 0 radical (unpaired) electrons. The number of hydrogen-bond donors (Lipinski definition) is 3. The van der Waals surface area contributed by atoms with Crippen molar-refractivity contribution in [3.8, 4) is 12.3 Å². The van der Waals surface area contributed by atoms with Gasteiger partial charge in [0.15, 0.2) is 17.5 Å². The molecule has 0 spiro atoms. The van der Waals surface area contributed by atoms with E-state index in [1.165, 1.54) is 0 Å². The summed E-state index contributed by atoms with van der Waals surface area (Å²) in [5.41, 5.74) is 8.78. The molecule has 1 aromatic carbocycles. The molecule has 1 aliphatic rings. The van der Waals surface area contributed by atoms with Gasteiger partial charge in [-0.15, -0.1) is 12.0 Å². The van der Waals surface area contributed by atoms with Gasteiger partial charge in [-0.1, -0.05) is 24.1 Å². The van der Waals surface area contributed by atoms with E-state index in [2.05, 4.69) is 60.3 Å². The predicted octanol–water partition coefficient (Wildman–Crippen LogP) is 3.00. The molecule has 3 aromatic heterocycles. The summed E-state index contributed by atoms with van der Waals surface area (Å²) in [4.78, 5) is 17.8. The minimum absolute atomic E-state index is 0.555. The predicted molar refractivity (Wildman–Crippen MR) is 112 cm³/mol. The maximum atomic E-state index is 5.42. The molecule has 0 atom stereocenters. The third-order valence-corrected chi connectivity index (χ3v) is 4.48. The lowest BCUT2D eigenvalue weighted by Crippen LogP contribution is -2.35. The Morgan fingerprint density at radius 2 is 2.00 bits per heavy atom. The van der Waals surface area contributed by atoms with Crippen molar-refractivity contribution in [2.24, 2.45) is 0 Å². The van der Waals surface area contributed by atoms with E-state index in [9.17, 15) is 0 Å². The van der Waals surface area contributed by atoms with Gasteiger partial charge in [0, 0.05) is 11.6 Å². The Hall–Kier alpha value is -4.22. The normalized spacial score (nSPS) is 12.3. The zero-order chi connectivity index (χ0) is 19.6. The van der Waals surface area contributed by atoms with Gasteiger partial charge < -0.3 is 5.32 Å². The van der Waals surface area contributed by atoms with E-state index < -0.39 is 0 Å². The third kappa shape index (κ3) is 3.38. The second kappa shape index (κ2) is 7.07. The number of terminal acetylenes is 1. The van der Waals surface area contributed by atoms with Gasteiger partial charge in [0.2, 0.25) is 0 Å². The number of hydrogen-bond acceptors (Lipinski definition) is 8. The number of hydrazine groups is 2. The lowest BCUT2D eigenvalue weighted by molar-refractivity contribution is 0.717. The van der Waals surface area contributed by atoms with E-state index >= 15 is 0 Å². The van der Waals surface area contributed by atoms with Crippen molar-refractivity contribution in [3.63, 3.8) is 0 Å². The monoisotopic (exact) mass is 380 g/mol. The van der Waals surface area contributed by atoms with Crippen molar-refractivity contribution in [2.75, 3.05) is 15.8 Å². The number of aromatic nitrogens is 4. The Morgan fingerprint density at radius 3 is 2.93 bits per heavy atom. The van der Waals surface area contributed by atoms with Crippen molar-refractivity contribution in [3.05, 3.63) is 72.2 Å². The number of anilines is 4. The standard InChI is InChI=1S/C21H16N8/c1-2-16-6-3-7-18(24-16)25-19-12-23-20-21(26-19)29(28-27-20)13-14-8-9-17-15(11-14)5-4-10-22-17/h1,3-12,28H,13H2,(H,23,27)(H,24,25,26). The highest BCUT2D eigenvalue weighted by atomic mass is 15.7. The molecule has 0 bridgehead atoms. The lowest BCUT2D eigenvalue weighted by atomic mass is 10.1. The minimum atomic E-state index is 0.555. The Bertz CT molecular complexity index is 1250. The van der Waals surface area contributed by atoms with Gasteiger partial charge in [0.1, 0.15) is 11.5 Å². The molecule has 0 fully saturated rings. The molecule has 8 heteroatoms. The summed E-state index contributed by atoms with van der Waals surface area (Å²) in [7, 11) is 0. The Kier molecular flexibility index (Phi) is 4.12. The lowest BCUT2D eigenvalue weighted by Gasteiger charge is -2.17. The fraction of sp³-hybridized carbons (Fsp3) is 0.0476. The van der Waals surface area contributed by atoms with Crippen LogP contribution in [-0.2, 0) is 6.54 Å². The minimum Gasteiger partial charge on any atom is -0.324 e. The second-order valence-electron chi connectivity index (χ2n) is 6.46. The largest absolute Gasteiger partial charge is 0.324 e. The van der Waals surface area contributed by atoms with Crippen LogP contribution in [0.25, 0.3) is 10.9 Å². The van der Waals surface area contributed by atoms with Gasteiger partial charge >= 0.3 is 0 Å². The third-order valence-electron chi connectivity index (χ3n) is 4.48. The smallest absolute Gasteiger partial charge is 0.191 e. The topological polar surface area (TPSA) is 90.9 Å². The molecule has 8 nitrogen and oxygen atoms in total. The molecule has 3 N–H and O–H groups in total. The summed E-state index contributed by atoms with van der Waals surface area (Å²) in [6.45, 7) is 0.605. The van der Waals surface area contributed by atoms with E-state index in [0.29, 0.717) is 35.5 Å². The van der Waals surface area contributed by atoms with Crippen molar-refractivity contribution in [1.82, 2.24) is 25.5 Å². The Balaban J connectivity index is 1.39. The van der Waals surface area contributed by atoms with E-state index in [4.69, 9.17) is 6.42 Å². The first kappa shape index (κ1) is 16.9. The van der Waals surface area contributed by atoms with Crippen LogP contribution in [0.1, 0.15) is 11.3 Å². The zero-order valence-electron chi connectivity index (χ0n) is 15.3. The molecule has 0 aliphatic carbocycles. The second-order valence-corrected chi connectivity index (χ2v) is 6.46. The highest BCUT2D eigenvalue weighted by Crippen LogP contribution is 2.28. The molecule has 0 amide bonds. The molecule has 5 rings (SSSR count). The van der Waals surface area contributed by atoms with Crippen molar-refractivity contribution in [2.45, 2.75) is 6.54 Å². The average Bonchev–Trinajstić information content (AvgIpc) is 3.16. The number of benzene rings is 1. The molecule has 140 valence electrons. The zero-order valence-corrected chi connectivity index (χ0v) is 15.3. The van der Waals surface area contributed by atoms with E-state index in [0.717, 1.165) is 16.5 Å². The molecule has 0 unspecified atom stereocenters. The first-order valence-electron chi connectivity index (χ1n) is 8.99. The van der Waals surface area contributed by atoms with Crippen molar-refractivity contribution >= 4 is 34.2 Å². The van der Waals surface area contributed by atoms with Crippen LogP contribution in [0.15, 0.2) is 60.9 Å². The van der Waals surface area contributed by atoms with Crippen LogP contribution in [0.5, 0.6) is 0 Å². The summed E-state index contributed by atoms with van der Waals surface area (Å²) in [5, 5.41) is 6.14. The quantitative estimate of drug-likeness (QED) is 0.466. The summed E-state index contributed by atoms with van der Waals surface area (Å²) < 4.78 is 0. The van der Waals surface area contributed by atoms with E-state index in [1.807, 2.05) is 29.3 Å². The highest BCUT2D eigenvalue weighted by Gasteiger charge is 2.22. The molecule has 1 aliphatic heterocycles. The summed E-state index contributed by atoms with van der Waals surface area (Å²) in [6.07, 6.45) is 8.85. The van der Waals surface area contributed by atoms with Gasteiger partial charge in [-0.05, 0) is 35.9 Å². The van der Waals surface area contributed by atoms with E-state index in [1.54, 1.807) is 18.5 Å². The Morgan fingerprint density at radius 1 is 1.03 bits per heavy atom. The number of pyridine rings is 2. The van der Waals surface area contributed by atoms with Crippen molar-refractivity contribution in [1.29, 1.82) is 0 Å². The average molecular weight is 380 g/mol. The van der Waals surface area contributed by atoms with Crippen LogP contribution < -0.4 is 21.3 Å². The Labute approximate surface area is 167 Å². The maximum absolute atomic E-state index is 5.42. The van der Waals surface area contributed by atoms with Crippen LogP contribution in [0.3, 0.4) is 0 Å². The maximum Gasteiger partial charge on any atom is 0.191 e. The van der Waals surface area contributed by atoms with Gasteiger partial charge in [-0.25, -0.2) is 15.0 Å². The van der Waals surface area contributed by atoms with Crippen LogP contribution in [0.4, 0.5) is 23.3 Å². The molecule has 4 aromatic rings. The van der Waals surface area contributed by atoms with Gasteiger partial charge in [0.05, 0.1) is 18.3 Å². The fourth-order valence-electron chi connectivity index (χ4n) is 3.13. The number of nitrogens with one attached hydrogen (secondary N) is 3. The molecule has 0 saturated heterocycles. The number of rotatable bonds is 4. The highest BCUT2D eigenvalue weighted by molar-refractivity contribution is 5.79. The summed E-state index contributed by atoms with van der Waals surface area (Å²) in [6, 6.07) is 15.6. The van der Waals surface area contributed by atoms with Gasteiger partial charge in [-0.2, -0.15) is 0 Å². The molecule has 0 saturated carbocycles. The van der Waals surface area contributed by atoms with Crippen LogP contribution >= 0.6 is 0 Å². The first-order chi connectivity index (χ1) is 14.3. The van der Waals surface area contributed by atoms with Crippen LogP contribution in [0.2, 0.25) is 0 Å². The van der Waals surface area contributed by atoms with Gasteiger partial charge in [0.25, 0.3) is 0 Å². The molecular weight excluding hydrogens is 364 g/mol. The van der Waals surface area contributed by atoms with Crippen LogP contribution in [-0.4, -0.2) is 19.9 Å². The number of nitrogens with zero attached hydrogens (tertiary/aromatic N) is 5. The number of fused-ring (bicyclic) bond motifs is 2. The summed E-state index contributed by atoms with van der Waals surface area (Å²) >= 11 is 0. The molecule has 4 heterocycles. The fourth-order valence-corrected chi connectivity index (χ4v) is 3.13. The van der Waals surface area contributed by atoms with Crippen molar-refractivity contribution < 1.29 is 0 Å². The summed E-state index contributed by atoms with van der Waals surface area (Å²) in [5.74, 6) is 5.05. The van der Waals surface area contributed by atoms with Gasteiger partial charge in [-0.3, -0.25) is 15.4 Å². The molecular formula is C21H16N8. The molecule has 29 heavy (non-hydrogen) atoms.